The van der Waals surface area contributed by atoms with E-state index in [2.05, 4.69) is 107 Å². The fourth-order valence-corrected chi connectivity index (χ4v) is 7.77. The van der Waals surface area contributed by atoms with Crippen molar-refractivity contribution >= 4 is 21.9 Å². The standard InChI is InChI=1S/C40H23N3O/c1-3-9-32-31(8-1)38-33(17-16-30-29-7-2-4-11-37(29)44-39(30)38)40(32)34-19-24(26-21-41-23-42-22-26)12-14-27(34)28-15-13-25(20-35(28)40)36-10-5-6-18-43-36/h1-23H. The van der Waals surface area contributed by atoms with Crippen molar-refractivity contribution in [3.05, 3.63) is 162 Å². The van der Waals surface area contributed by atoms with Crippen LogP contribution in [0.1, 0.15) is 22.3 Å². The van der Waals surface area contributed by atoms with Crippen LogP contribution < -0.4 is 0 Å². The van der Waals surface area contributed by atoms with Gasteiger partial charge in [-0.3, -0.25) is 4.98 Å². The van der Waals surface area contributed by atoms with Crippen LogP contribution in [0, 0.1) is 0 Å². The number of benzene rings is 5. The second-order valence-corrected chi connectivity index (χ2v) is 11.6. The van der Waals surface area contributed by atoms with E-state index in [1.807, 2.05) is 36.8 Å². The van der Waals surface area contributed by atoms with Crippen molar-refractivity contribution in [2.75, 3.05) is 0 Å². The Labute approximate surface area is 253 Å². The van der Waals surface area contributed by atoms with Gasteiger partial charge in [0, 0.05) is 46.1 Å². The lowest BCUT2D eigenvalue weighted by Crippen LogP contribution is -2.26. The quantitative estimate of drug-likeness (QED) is 0.211. The Morgan fingerprint density at radius 1 is 0.523 bits per heavy atom. The zero-order valence-corrected chi connectivity index (χ0v) is 23.5. The maximum absolute atomic E-state index is 6.69. The van der Waals surface area contributed by atoms with Gasteiger partial charge in [-0.15, -0.1) is 0 Å². The third-order valence-electron chi connectivity index (χ3n) is 9.54. The first-order valence-corrected chi connectivity index (χ1v) is 14.8. The molecule has 0 N–H and O–H groups in total. The first kappa shape index (κ1) is 23.7. The van der Waals surface area contributed by atoms with Crippen molar-refractivity contribution < 1.29 is 4.42 Å². The smallest absolute Gasteiger partial charge is 0.143 e. The lowest BCUT2D eigenvalue weighted by Gasteiger charge is -2.31. The summed E-state index contributed by atoms with van der Waals surface area (Å²) in [6, 6.07) is 41.5. The van der Waals surface area contributed by atoms with Gasteiger partial charge in [-0.25, -0.2) is 9.97 Å². The summed E-state index contributed by atoms with van der Waals surface area (Å²) in [6.07, 6.45) is 7.21. The minimum Gasteiger partial charge on any atom is -0.455 e. The minimum absolute atomic E-state index is 0.541. The molecule has 0 saturated heterocycles. The highest BCUT2D eigenvalue weighted by Gasteiger charge is 2.52. The van der Waals surface area contributed by atoms with Gasteiger partial charge in [0.2, 0.25) is 0 Å². The number of fused-ring (bicyclic) bond motifs is 14. The summed E-state index contributed by atoms with van der Waals surface area (Å²) in [5.74, 6) is 0. The van der Waals surface area contributed by atoms with E-state index in [1.165, 1.54) is 44.5 Å². The van der Waals surface area contributed by atoms with E-state index in [9.17, 15) is 0 Å². The molecule has 1 atom stereocenters. The zero-order valence-electron chi connectivity index (χ0n) is 23.5. The first-order valence-electron chi connectivity index (χ1n) is 14.8. The molecule has 4 nitrogen and oxygen atoms in total. The second kappa shape index (κ2) is 8.59. The van der Waals surface area contributed by atoms with Crippen molar-refractivity contribution in [2.24, 2.45) is 0 Å². The number of rotatable bonds is 2. The number of para-hydroxylation sites is 1. The molecule has 1 unspecified atom stereocenters. The second-order valence-electron chi connectivity index (χ2n) is 11.6. The predicted molar refractivity (Wildman–Crippen MR) is 174 cm³/mol. The van der Waals surface area contributed by atoms with E-state index in [-0.39, 0.29) is 0 Å². The first-order chi connectivity index (χ1) is 21.8. The summed E-state index contributed by atoms with van der Waals surface area (Å²) >= 11 is 0. The predicted octanol–water partition coefficient (Wildman–Crippen LogP) is 9.45. The molecule has 5 aromatic carbocycles. The van der Waals surface area contributed by atoms with Gasteiger partial charge in [0.1, 0.15) is 17.5 Å². The molecule has 204 valence electrons. The van der Waals surface area contributed by atoms with Crippen LogP contribution in [0.15, 0.2) is 145 Å². The molecule has 44 heavy (non-hydrogen) atoms. The average Bonchev–Trinajstić information content (AvgIpc) is 3.72. The van der Waals surface area contributed by atoms with Gasteiger partial charge in [0.05, 0.1) is 11.1 Å². The molecule has 2 aliphatic rings. The molecule has 2 aliphatic carbocycles. The number of nitrogens with zero attached hydrogens (tertiary/aromatic N) is 3. The summed E-state index contributed by atoms with van der Waals surface area (Å²) in [5, 5.41) is 2.28. The average molecular weight is 562 g/mol. The molecule has 0 aliphatic heterocycles. The zero-order chi connectivity index (χ0) is 28.8. The molecule has 1 spiro atoms. The Hall–Kier alpha value is -5.87. The molecular weight excluding hydrogens is 538 g/mol. The van der Waals surface area contributed by atoms with Crippen LogP contribution in [0.25, 0.3) is 66.6 Å². The third kappa shape index (κ3) is 2.94. The molecule has 0 fully saturated rings. The number of hydrogen-bond acceptors (Lipinski definition) is 4. The van der Waals surface area contributed by atoms with Crippen LogP contribution in [0.2, 0.25) is 0 Å². The van der Waals surface area contributed by atoms with Crippen LogP contribution in [0.5, 0.6) is 0 Å². The molecule has 3 aromatic heterocycles. The molecule has 0 saturated carbocycles. The SMILES string of the molecule is c1ccc(-c2ccc3c(c2)C2(c4cc(-c5cncnc5)ccc4-3)c3ccccc3-c3c2ccc2c3oc3ccccc32)nc1. The van der Waals surface area contributed by atoms with Crippen LogP contribution in [-0.4, -0.2) is 15.0 Å². The summed E-state index contributed by atoms with van der Waals surface area (Å²) in [5.41, 5.74) is 15.3. The van der Waals surface area contributed by atoms with Gasteiger partial charge < -0.3 is 4.42 Å². The normalized spacial score (nSPS) is 15.8. The molecule has 8 aromatic rings. The molecule has 0 radical (unpaired) electrons. The molecule has 0 bridgehead atoms. The van der Waals surface area contributed by atoms with E-state index >= 15 is 0 Å². The highest BCUT2D eigenvalue weighted by Crippen LogP contribution is 2.64. The van der Waals surface area contributed by atoms with Gasteiger partial charge >= 0.3 is 0 Å². The molecule has 3 heterocycles. The Morgan fingerprint density at radius 2 is 1.27 bits per heavy atom. The number of hydrogen-bond donors (Lipinski definition) is 0. The molecular formula is C40H23N3O. The summed E-state index contributed by atoms with van der Waals surface area (Å²) in [4.78, 5) is 13.4. The Morgan fingerprint density at radius 3 is 2.11 bits per heavy atom. The highest BCUT2D eigenvalue weighted by molar-refractivity contribution is 6.13. The Bertz CT molecular complexity index is 2360. The lowest BCUT2D eigenvalue weighted by atomic mass is 9.70. The maximum Gasteiger partial charge on any atom is 0.143 e. The van der Waals surface area contributed by atoms with Crippen LogP contribution in [0.3, 0.4) is 0 Å². The minimum atomic E-state index is -0.541. The van der Waals surface area contributed by atoms with E-state index < -0.39 is 5.41 Å². The van der Waals surface area contributed by atoms with Crippen molar-refractivity contribution in [2.45, 2.75) is 5.41 Å². The van der Waals surface area contributed by atoms with E-state index in [4.69, 9.17) is 9.40 Å². The maximum atomic E-state index is 6.69. The molecule has 0 amide bonds. The van der Waals surface area contributed by atoms with Crippen molar-refractivity contribution in [1.82, 2.24) is 15.0 Å². The van der Waals surface area contributed by atoms with Crippen molar-refractivity contribution in [3.8, 4) is 44.6 Å². The third-order valence-corrected chi connectivity index (χ3v) is 9.54. The van der Waals surface area contributed by atoms with Crippen LogP contribution >= 0.6 is 0 Å². The Kier molecular flexibility index (Phi) is 4.62. The lowest BCUT2D eigenvalue weighted by molar-refractivity contribution is 0.669. The van der Waals surface area contributed by atoms with Gasteiger partial charge in [0.25, 0.3) is 0 Å². The number of aromatic nitrogens is 3. The van der Waals surface area contributed by atoms with Crippen molar-refractivity contribution in [3.63, 3.8) is 0 Å². The van der Waals surface area contributed by atoms with Crippen LogP contribution in [0.4, 0.5) is 0 Å². The largest absolute Gasteiger partial charge is 0.455 e. The van der Waals surface area contributed by atoms with Gasteiger partial charge in [0.15, 0.2) is 0 Å². The molecule has 10 rings (SSSR count). The van der Waals surface area contributed by atoms with Gasteiger partial charge in [-0.1, -0.05) is 84.9 Å². The van der Waals surface area contributed by atoms with Crippen molar-refractivity contribution in [1.29, 1.82) is 0 Å². The van der Waals surface area contributed by atoms with Gasteiger partial charge in [-0.2, -0.15) is 0 Å². The van der Waals surface area contributed by atoms with E-state index in [0.29, 0.717) is 0 Å². The fourth-order valence-electron chi connectivity index (χ4n) is 7.77. The Balaban J connectivity index is 1.36. The summed E-state index contributed by atoms with van der Waals surface area (Å²) in [7, 11) is 0. The van der Waals surface area contributed by atoms with Crippen LogP contribution in [-0.2, 0) is 5.41 Å². The number of furan rings is 1. The van der Waals surface area contributed by atoms with E-state index in [0.717, 1.165) is 44.3 Å². The van der Waals surface area contributed by atoms with Gasteiger partial charge in [-0.05, 0) is 74.8 Å². The highest BCUT2D eigenvalue weighted by atomic mass is 16.3. The summed E-state index contributed by atoms with van der Waals surface area (Å²) in [6.45, 7) is 0. The topological polar surface area (TPSA) is 51.8 Å². The molecule has 4 heteroatoms. The summed E-state index contributed by atoms with van der Waals surface area (Å²) < 4.78 is 6.69. The fraction of sp³-hybridized carbons (Fsp3) is 0.0250. The van der Waals surface area contributed by atoms with E-state index in [1.54, 1.807) is 6.33 Å². The number of pyridine rings is 1. The monoisotopic (exact) mass is 561 g/mol.